The lowest BCUT2D eigenvalue weighted by Gasteiger charge is -2.14. The molecule has 2 nitrogen and oxygen atoms in total. The first-order valence-electron chi connectivity index (χ1n) is 5.22. The number of nitrogens with one attached hydrogen (secondary N) is 1. The summed E-state index contributed by atoms with van der Waals surface area (Å²) in [7, 11) is 0. The van der Waals surface area contributed by atoms with Crippen molar-refractivity contribution in [3.63, 3.8) is 0 Å². The fourth-order valence-electron chi connectivity index (χ4n) is 2.05. The number of hydrogen-bond donors (Lipinski definition) is 1. The lowest BCUT2D eigenvalue weighted by atomic mass is 10.1. The Balaban J connectivity index is 2.04. The highest BCUT2D eigenvalue weighted by molar-refractivity contribution is 6.35. The lowest BCUT2D eigenvalue weighted by molar-refractivity contribution is 0.602. The van der Waals surface area contributed by atoms with Crippen LogP contribution in [0.15, 0.2) is 12.3 Å². The van der Waals surface area contributed by atoms with Gasteiger partial charge in [0.1, 0.15) is 5.82 Å². The molecule has 0 amide bonds. The first-order chi connectivity index (χ1) is 7.15. The standard InChI is InChI=1S/C11H14Cl2N2/c1-7-2-3-9(4-7)15-11-10(13)5-8(12)6-14-11/h5-7,9H,2-4H2,1H3,(H,14,15). The maximum absolute atomic E-state index is 6.03. The van der Waals surface area contributed by atoms with Crippen LogP contribution in [0.2, 0.25) is 10.0 Å². The van der Waals surface area contributed by atoms with Gasteiger partial charge in [-0.1, -0.05) is 30.1 Å². The number of anilines is 1. The van der Waals surface area contributed by atoms with Gasteiger partial charge in [-0.3, -0.25) is 0 Å². The van der Waals surface area contributed by atoms with E-state index in [2.05, 4.69) is 17.2 Å². The number of halogens is 2. The summed E-state index contributed by atoms with van der Waals surface area (Å²) in [6, 6.07) is 2.22. The van der Waals surface area contributed by atoms with Gasteiger partial charge in [0.2, 0.25) is 0 Å². The molecule has 1 aromatic rings. The van der Waals surface area contributed by atoms with Crippen molar-refractivity contribution in [2.24, 2.45) is 5.92 Å². The molecule has 1 heterocycles. The molecule has 1 saturated carbocycles. The van der Waals surface area contributed by atoms with Gasteiger partial charge in [-0.2, -0.15) is 0 Å². The minimum Gasteiger partial charge on any atom is -0.366 e. The second-order valence-electron chi connectivity index (χ2n) is 4.24. The Morgan fingerprint density at radius 3 is 2.80 bits per heavy atom. The smallest absolute Gasteiger partial charge is 0.145 e. The molecule has 0 aromatic carbocycles. The third-order valence-electron chi connectivity index (χ3n) is 2.84. The average Bonchev–Trinajstić information content (AvgIpc) is 2.56. The van der Waals surface area contributed by atoms with E-state index in [0.29, 0.717) is 16.1 Å². The van der Waals surface area contributed by atoms with Crippen LogP contribution in [-0.2, 0) is 0 Å². The second kappa shape index (κ2) is 4.58. The molecule has 15 heavy (non-hydrogen) atoms. The molecular weight excluding hydrogens is 231 g/mol. The van der Waals surface area contributed by atoms with E-state index in [4.69, 9.17) is 23.2 Å². The second-order valence-corrected chi connectivity index (χ2v) is 5.09. The molecule has 2 rings (SSSR count). The SMILES string of the molecule is CC1CCC(Nc2ncc(Cl)cc2Cl)C1. The van der Waals surface area contributed by atoms with Crippen LogP contribution in [-0.4, -0.2) is 11.0 Å². The monoisotopic (exact) mass is 244 g/mol. The van der Waals surface area contributed by atoms with Crippen LogP contribution in [0.25, 0.3) is 0 Å². The fraction of sp³-hybridized carbons (Fsp3) is 0.545. The third kappa shape index (κ3) is 2.76. The lowest BCUT2D eigenvalue weighted by Crippen LogP contribution is -2.16. The summed E-state index contributed by atoms with van der Waals surface area (Å²) in [5.74, 6) is 1.55. The first-order valence-corrected chi connectivity index (χ1v) is 5.98. The molecule has 1 aliphatic rings. The van der Waals surface area contributed by atoms with Crippen molar-refractivity contribution in [3.05, 3.63) is 22.3 Å². The van der Waals surface area contributed by atoms with Crippen molar-refractivity contribution in [2.45, 2.75) is 32.2 Å². The van der Waals surface area contributed by atoms with Crippen LogP contribution in [0.4, 0.5) is 5.82 Å². The zero-order valence-corrected chi connectivity index (χ0v) is 10.1. The van der Waals surface area contributed by atoms with Gasteiger partial charge in [-0.15, -0.1) is 0 Å². The van der Waals surface area contributed by atoms with Gasteiger partial charge < -0.3 is 5.32 Å². The molecule has 2 unspecified atom stereocenters. The highest BCUT2D eigenvalue weighted by Gasteiger charge is 2.21. The summed E-state index contributed by atoms with van der Waals surface area (Å²) in [5, 5.41) is 4.54. The molecule has 0 bridgehead atoms. The molecule has 0 aliphatic heterocycles. The van der Waals surface area contributed by atoms with Crippen LogP contribution < -0.4 is 5.32 Å². The van der Waals surface area contributed by atoms with E-state index >= 15 is 0 Å². The van der Waals surface area contributed by atoms with Crippen LogP contribution in [0, 0.1) is 5.92 Å². The minimum atomic E-state index is 0.506. The summed E-state index contributed by atoms with van der Waals surface area (Å²) in [6.07, 6.45) is 5.29. The zero-order valence-electron chi connectivity index (χ0n) is 8.63. The fourth-order valence-corrected chi connectivity index (χ4v) is 2.49. The zero-order chi connectivity index (χ0) is 10.8. The van der Waals surface area contributed by atoms with Gasteiger partial charge in [0.05, 0.1) is 10.0 Å². The van der Waals surface area contributed by atoms with Crippen molar-refractivity contribution in [1.82, 2.24) is 4.98 Å². The van der Waals surface area contributed by atoms with Gasteiger partial charge >= 0.3 is 0 Å². The summed E-state index contributed by atoms with van der Waals surface area (Å²) >= 11 is 11.8. The van der Waals surface area contributed by atoms with Crippen LogP contribution in [0.3, 0.4) is 0 Å². The number of nitrogens with zero attached hydrogens (tertiary/aromatic N) is 1. The van der Waals surface area contributed by atoms with Crippen LogP contribution in [0.5, 0.6) is 0 Å². The Bertz CT molecular complexity index is 354. The number of hydrogen-bond acceptors (Lipinski definition) is 2. The van der Waals surface area contributed by atoms with Crippen LogP contribution >= 0.6 is 23.2 Å². The van der Waals surface area contributed by atoms with E-state index in [-0.39, 0.29) is 0 Å². The van der Waals surface area contributed by atoms with Crippen molar-refractivity contribution in [3.8, 4) is 0 Å². The maximum atomic E-state index is 6.03. The summed E-state index contributed by atoms with van der Waals surface area (Å²) < 4.78 is 0. The molecule has 0 saturated heterocycles. The predicted octanol–water partition coefficient (Wildman–Crippen LogP) is 3.99. The van der Waals surface area contributed by atoms with Crippen molar-refractivity contribution >= 4 is 29.0 Å². The normalized spacial score (nSPS) is 25.5. The van der Waals surface area contributed by atoms with Crippen molar-refractivity contribution in [2.75, 3.05) is 5.32 Å². The topological polar surface area (TPSA) is 24.9 Å². The quantitative estimate of drug-likeness (QED) is 0.852. The minimum absolute atomic E-state index is 0.506. The molecule has 82 valence electrons. The van der Waals surface area contributed by atoms with Crippen molar-refractivity contribution in [1.29, 1.82) is 0 Å². The molecule has 4 heteroatoms. The molecule has 1 aliphatic carbocycles. The summed E-state index contributed by atoms with van der Waals surface area (Å²) in [6.45, 7) is 2.28. The summed E-state index contributed by atoms with van der Waals surface area (Å²) in [5.41, 5.74) is 0. The predicted molar refractivity (Wildman–Crippen MR) is 64.7 cm³/mol. The molecule has 1 aromatic heterocycles. The van der Waals surface area contributed by atoms with Crippen LogP contribution in [0.1, 0.15) is 26.2 Å². The number of pyridine rings is 1. The van der Waals surface area contributed by atoms with E-state index < -0.39 is 0 Å². The maximum Gasteiger partial charge on any atom is 0.145 e. The van der Waals surface area contributed by atoms with E-state index in [1.54, 1.807) is 12.3 Å². The molecular formula is C11H14Cl2N2. The van der Waals surface area contributed by atoms with E-state index in [1.165, 1.54) is 19.3 Å². The largest absolute Gasteiger partial charge is 0.366 e. The van der Waals surface area contributed by atoms with E-state index in [9.17, 15) is 0 Å². The highest BCUT2D eigenvalue weighted by atomic mass is 35.5. The van der Waals surface area contributed by atoms with Gasteiger partial charge in [0, 0.05) is 12.2 Å². The van der Waals surface area contributed by atoms with E-state index in [0.717, 1.165) is 11.7 Å². The molecule has 0 radical (unpaired) electrons. The third-order valence-corrected chi connectivity index (χ3v) is 3.34. The Kier molecular flexibility index (Phi) is 3.37. The van der Waals surface area contributed by atoms with E-state index in [1.807, 2.05) is 0 Å². The van der Waals surface area contributed by atoms with Gasteiger partial charge in [-0.05, 0) is 31.2 Å². The molecule has 1 fully saturated rings. The van der Waals surface area contributed by atoms with Gasteiger partial charge in [0.15, 0.2) is 0 Å². The number of aromatic nitrogens is 1. The van der Waals surface area contributed by atoms with Gasteiger partial charge in [-0.25, -0.2) is 4.98 Å². The van der Waals surface area contributed by atoms with Gasteiger partial charge in [0.25, 0.3) is 0 Å². The molecule has 2 atom stereocenters. The Morgan fingerprint density at radius 2 is 2.20 bits per heavy atom. The molecule has 0 spiro atoms. The number of rotatable bonds is 2. The summed E-state index contributed by atoms with van der Waals surface area (Å²) in [4.78, 5) is 4.19. The Labute approximate surface area is 100.0 Å². The first kappa shape index (κ1) is 11.0. The average molecular weight is 245 g/mol. The molecule has 1 N–H and O–H groups in total. The highest BCUT2D eigenvalue weighted by Crippen LogP contribution is 2.29. The Hall–Kier alpha value is -0.470. The Morgan fingerprint density at radius 1 is 1.40 bits per heavy atom. The van der Waals surface area contributed by atoms with Crippen molar-refractivity contribution < 1.29 is 0 Å².